The SMILES string of the molecule is CNc1nc(C)c(-c2nc(Nc3cccc(N4CCCN(S(=O)(=O)n5nnc(C#N)n5)CC4)c3)ncc2C#N)s1. The quantitative estimate of drug-likeness (QED) is 0.323. The third-order valence-electron chi connectivity index (χ3n) is 6.09. The second-order valence-corrected chi connectivity index (χ2v) is 11.4. The number of nitrogens with zero attached hydrogens (tertiary/aromatic N) is 11. The van der Waals surface area contributed by atoms with Gasteiger partial charge in [-0.3, -0.25) is 0 Å². The minimum Gasteiger partial charge on any atom is -0.370 e. The Balaban J connectivity index is 1.33. The molecule has 15 nitrogen and oxygen atoms in total. The molecule has 0 atom stereocenters. The van der Waals surface area contributed by atoms with E-state index in [1.54, 1.807) is 13.1 Å². The Bertz CT molecular complexity index is 1740. The standard InChI is InChI=1S/C23H23N13O2S2/c1-15-21(39-23(26-2)28-15)20-16(12-24)14-27-22(30-20)29-17-5-3-6-18(11-17)34-7-4-8-35(10-9-34)40(37,38)36-32-19(13-25)31-33-36/h3,5-6,11,14H,4,7-10H2,1-2H3,(H,26,28)(H,27,29,30). The maximum atomic E-state index is 12.9. The van der Waals surface area contributed by atoms with E-state index in [4.69, 9.17) is 5.26 Å². The number of hydrogen-bond acceptors (Lipinski definition) is 14. The zero-order chi connectivity index (χ0) is 28.3. The summed E-state index contributed by atoms with van der Waals surface area (Å²) in [6, 6.07) is 11.5. The number of benzene rings is 1. The van der Waals surface area contributed by atoms with Gasteiger partial charge in [-0.2, -0.15) is 23.2 Å². The molecule has 4 heterocycles. The van der Waals surface area contributed by atoms with Crippen molar-refractivity contribution < 1.29 is 8.42 Å². The van der Waals surface area contributed by atoms with Crippen molar-refractivity contribution in [3.63, 3.8) is 0 Å². The van der Waals surface area contributed by atoms with E-state index in [0.717, 1.165) is 27.1 Å². The zero-order valence-electron chi connectivity index (χ0n) is 21.5. The predicted octanol–water partition coefficient (Wildman–Crippen LogP) is 1.73. The van der Waals surface area contributed by atoms with E-state index in [-0.39, 0.29) is 18.9 Å². The first-order valence-corrected chi connectivity index (χ1v) is 14.3. The number of anilines is 4. The van der Waals surface area contributed by atoms with Gasteiger partial charge in [0.25, 0.3) is 5.82 Å². The van der Waals surface area contributed by atoms with E-state index in [2.05, 4.69) is 52.0 Å². The van der Waals surface area contributed by atoms with E-state index in [9.17, 15) is 13.7 Å². The lowest BCUT2D eigenvalue weighted by molar-refractivity contribution is 0.415. The Labute approximate surface area is 233 Å². The van der Waals surface area contributed by atoms with E-state index in [1.807, 2.05) is 31.2 Å². The summed E-state index contributed by atoms with van der Waals surface area (Å²) < 4.78 is 27.6. The average Bonchev–Trinajstić information content (AvgIpc) is 3.52. The molecule has 1 aromatic carbocycles. The molecule has 0 aliphatic carbocycles. The van der Waals surface area contributed by atoms with E-state index in [0.29, 0.717) is 40.9 Å². The van der Waals surface area contributed by atoms with Crippen LogP contribution in [0.25, 0.3) is 10.6 Å². The van der Waals surface area contributed by atoms with Crippen LogP contribution in [-0.4, -0.2) is 80.5 Å². The molecule has 204 valence electrons. The Morgan fingerprint density at radius 1 is 1.10 bits per heavy atom. The summed E-state index contributed by atoms with van der Waals surface area (Å²) in [6.07, 6.45) is 2.06. The molecule has 0 saturated carbocycles. The second-order valence-electron chi connectivity index (χ2n) is 8.62. The van der Waals surface area contributed by atoms with Crippen LogP contribution in [0.5, 0.6) is 0 Å². The number of aryl methyl sites for hydroxylation is 1. The van der Waals surface area contributed by atoms with Gasteiger partial charge >= 0.3 is 10.2 Å². The number of nitrogens with one attached hydrogen (secondary N) is 2. The van der Waals surface area contributed by atoms with Gasteiger partial charge in [-0.05, 0) is 41.0 Å². The molecule has 5 rings (SSSR count). The van der Waals surface area contributed by atoms with Crippen molar-refractivity contribution in [3.05, 3.63) is 47.5 Å². The molecule has 1 fully saturated rings. The molecule has 0 radical (unpaired) electrons. The van der Waals surface area contributed by atoms with Crippen LogP contribution in [0.15, 0.2) is 30.5 Å². The van der Waals surface area contributed by atoms with Crippen LogP contribution in [0, 0.1) is 29.6 Å². The number of rotatable bonds is 7. The van der Waals surface area contributed by atoms with Crippen molar-refractivity contribution in [2.75, 3.05) is 48.8 Å². The molecule has 1 aliphatic heterocycles. The van der Waals surface area contributed by atoms with Crippen LogP contribution in [0.1, 0.15) is 23.5 Å². The second kappa shape index (κ2) is 11.2. The lowest BCUT2D eigenvalue weighted by Gasteiger charge is -2.23. The highest BCUT2D eigenvalue weighted by Crippen LogP contribution is 2.34. The molecular formula is C23H23N13O2S2. The number of nitriles is 2. The molecule has 3 aromatic heterocycles. The van der Waals surface area contributed by atoms with Gasteiger partial charge in [0, 0.05) is 44.6 Å². The van der Waals surface area contributed by atoms with Gasteiger partial charge in [-0.15, -0.1) is 5.10 Å². The average molecular weight is 578 g/mol. The minimum atomic E-state index is -4.04. The fourth-order valence-electron chi connectivity index (χ4n) is 4.16. The molecule has 1 saturated heterocycles. The molecule has 0 spiro atoms. The molecular weight excluding hydrogens is 554 g/mol. The lowest BCUT2D eigenvalue weighted by atomic mass is 10.2. The fourth-order valence-corrected chi connectivity index (χ4v) is 6.27. The van der Waals surface area contributed by atoms with Crippen LogP contribution >= 0.6 is 11.3 Å². The van der Waals surface area contributed by atoms with Crippen molar-refractivity contribution >= 4 is 44.0 Å². The Hall–Kier alpha value is -4.71. The minimum absolute atomic E-state index is 0.203. The first kappa shape index (κ1) is 26.9. The van der Waals surface area contributed by atoms with Gasteiger partial charge < -0.3 is 15.5 Å². The summed E-state index contributed by atoms with van der Waals surface area (Å²) >= 11 is 1.41. The summed E-state index contributed by atoms with van der Waals surface area (Å²) in [5.74, 6) is 0.0165. The molecule has 0 unspecified atom stereocenters. The smallest absolute Gasteiger partial charge is 0.340 e. The molecule has 0 bridgehead atoms. The summed E-state index contributed by atoms with van der Waals surface area (Å²) in [6.45, 7) is 3.40. The van der Waals surface area contributed by atoms with E-state index >= 15 is 0 Å². The van der Waals surface area contributed by atoms with Crippen molar-refractivity contribution in [1.82, 2.24) is 38.9 Å². The third-order valence-corrected chi connectivity index (χ3v) is 8.85. The van der Waals surface area contributed by atoms with Crippen molar-refractivity contribution in [2.45, 2.75) is 13.3 Å². The predicted molar refractivity (Wildman–Crippen MR) is 147 cm³/mol. The monoisotopic (exact) mass is 577 g/mol. The maximum absolute atomic E-state index is 12.9. The topological polar surface area (TPSA) is 195 Å². The highest BCUT2D eigenvalue weighted by atomic mass is 32.2. The van der Waals surface area contributed by atoms with Crippen LogP contribution < -0.4 is 15.5 Å². The Morgan fingerprint density at radius 2 is 1.95 bits per heavy atom. The van der Waals surface area contributed by atoms with Crippen LogP contribution in [0.4, 0.5) is 22.5 Å². The van der Waals surface area contributed by atoms with Gasteiger partial charge in [-0.1, -0.05) is 22.5 Å². The van der Waals surface area contributed by atoms with Crippen LogP contribution in [0.3, 0.4) is 0 Å². The highest BCUT2D eigenvalue weighted by molar-refractivity contribution is 7.87. The summed E-state index contributed by atoms with van der Waals surface area (Å²) in [5, 5.41) is 36.0. The van der Waals surface area contributed by atoms with Gasteiger partial charge in [-0.25, -0.2) is 15.0 Å². The summed E-state index contributed by atoms with van der Waals surface area (Å²) in [7, 11) is -2.25. The maximum Gasteiger partial charge on any atom is 0.340 e. The number of hydrogen-bond donors (Lipinski definition) is 2. The normalized spacial score (nSPS) is 14.2. The van der Waals surface area contributed by atoms with Crippen LogP contribution in [-0.2, 0) is 10.2 Å². The Kier molecular flexibility index (Phi) is 7.52. The van der Waals surface area contributed by atoms with Crippen LogP contribution in [0.2, 0.25) is 0 Å². The van der Waals surface area contributed by atoms with Gasteiger partial charge in [0.15, 0.2) is 5.13 Å². The summed E-state index contributed by atoms with van der Waals surface area (Å²) in [4.78, 5) is 16.3. The molecule has 2 N–H and O–H groups in total. The molecule has 0 amide bonds. The van der Waals surface area contributed by atoms with Gasteiger partial charge in [0.1, 0.15) is 17.8 Å². The summed E-state index contributed by atoms with van der Waals surface area (Å²) in [5.41, 5.74) is 3.24. The third kappa shape index (κ3) is 5.38. The first-order chi connectivity index (χ1) is 19.3. The van der Waals surface area contributed by atoms with Crippen molar-refractivity contribution in [1.29, 1.82) is 10.5 Å². The fraction of sp³-hybridized carbons (Fsp3) is 0.304. The number of aromatic nitrogens is 7. The van der Waals surface area contributed by atoms with E-state index < -0.39 is 10.2 Å². The lowest BCUT2D eigenvalue weighted by Crippen LogP contribution is -2.39. The largest absolute Gasteiger partial charge is 0.370 e. The van der Waals surface area contributed by atoms with E-state index in [1.165, 1.54) is 21.8 Å². The highest BCUT2D eigenvalue weighted by Gasteiger charge is 2.29. The first-order valence-electron chi connectivity index (χ1n) is 12.1. The number of thiazole rings is 1. The molecule has 4 aromatic rings. The molecule has 17 heteroatoms. The Morgan fingerprint density at radius 3 is 2.67 bits per heavy atom. The van der Waals surface area contributed by atoms with Crippen molar-refractivity contribution in [2.24, 2.45) is 0 Å². The molecule has 40 heavy (non-hydrogen) atoms. The van der Waals surface area contributed by atoms with Gasteiger partial charge in [0.2, 0.25) is 5.95 Å². The zero-order valence-corrected chi connectivity index (χ0v) is 23.1. The molecule has 1 aliphatic rings. The van der Waals surface area contributed by atoms with Crippen molar-refractivity contribution in [3.8, 4) is 22.7 Å². The van der Waals surface area contributed by atoms with Gasteiger partial charge in [0.05, 0.1) is 22.3 Å². The number of tetrazole rings is 1.